The Kier molecular flexibility index (Phi) is 5.18. The van der Waals surface area contributed by atoms with E-state index in [1.54, 1.807) is 37.3 Å². The number of urea groups is 1. The summed E-state index contributed by atoms with van der Waals surface area (Å²) in [5.74, 6) is 0.611. The fourth-order valence-corrected chi connectivity index (χ4v) is 3.58. The van der Waals surface area contributed by atoms with Gasteiger partial charge in [0.05, 0.1) is 0 Å². The molecule has 0 saturated heterocycles. The lowest BCUT2D eigenvalue weighted by Gasteiger charge is -2.25. The number of aromatic nitrogens is 3. The zero-order valence-corrected chi connectivity index (χ0v) is 16.4. The van der Waals surface area contributed by atoms with Gasteiger partial charge in [0.1, 0.15) is 11.6 Å². The first kappa shape index (κ1) is 19.6. The molecule has 0 spiro atoms. The van der Waals surface area contributed by atoms with Gasteiger partial charge in [-0.1, -0.05) is 6.07 Å². The quantitative estimate of drug-likeness (QED) is 0.615. The van der Waals surface area contributed by atoms with Crippen molar-refractivity contribution >= 4 is 17.6 Å². The van der Waals surface area contributed by atoms with E-state index in [0.717, 1.165) is 23.4 Å². The molecule has 3 aromatic rings. The highest BCUT2D eigenvalue weighted by atomic mass is 19.1. The summed E-state index contributed by atoms with van der Waals surface area (Å²) in [7, 11) is 0. The zero-order valence-electron chi connectivity index (χ0n) is 16.4. The highest BCUT2D eigenvalue weighted by Crippen LogP contribution is 2.23. The fourth-order valence-electron chi connectivity index (χ4n) is 3.58. The van der Waals surface area contributed by atoms with Crippen LogP contribution in [-0.2, 0) is 13.0 Å². The number of aryl methyl sites for hydroxylation is 2. The number of primary amides is 1. The number of hydrogen-bond acceptors (Lipinski definition) is 4. The van der Waals surface area contributed by atoms with Crippen molar-refractivity contribution in [1.29, 1.82) is 0 Å². The topological polar surface area (TPSA) is 115 Å². The van der Waals surface area contributed by atoms with E-state index >= 15 is 0 Å². The van der Waals surface area contributed by atoms with E-state index in [2.05, 4.69) is 20.8 Å². The minimum absolute atomic E-state index is 0.131. The Morgan fingerprint density at radius 1 is 1.17 bits per heavy atom. The minimum Gasteiger partial charge on any atom is -0.366 e. The van der Waals surface area contributed by atoms with Gasteiger partial charge in [0.15, 0.2) is 5.82 Å². The molecule has 154 valence electrons. The van der Waals surface area contributed by atoms with Gasteiger partial charge in [-0.05, 0) is 55.3 Å². The molecule has 4 N–H and O–H groups in total. The zero-order chi connectivity index (χ0) is 21.3. The van der Waals surface area contributed by atoms with Gasteiger partial charge in [-0.15, -0.1) is 10.2 Å². The standard InChI is InChI=1S/C21H21FN6O2/c1-12-2-7-15(10-17(12)19(23)29)24-21(30)25-16-8-9-18-26-27-20(28(18)11-16)13-3-5-14(22)6-4-13/h2-7,10,16H,8-9,11H2,1H3,(H2,23,29)(H2,24,25,30). The maximum Gasteiger partial charge on any atom is 0.319 e. The minimum atomic E-state index is -0.544. The molecule has 0 radical (unpaired) electrons. The van der Waals surface area contributed by atoms with Gasteiger partial charge in [-0.2, -0.15) is 0 Å². The van der Waals surface area contributed by atoms with Crippen LogP contribution in [0.25, 0.3) is 11.4 Å². The van der Waals surface area contributed by atoms with E-state index in [4.69, 9.17) is 5.73 Å². The van der Waals surface area contributed by atoms with Crippen molar-refractivity contribution in [3.63, 3.8) is 0 Å². The van der Waals surface area contributed by atoms with Crippen molar-refractivity contribution < 1.29 is 14.0 Å². The second-order valence-electron chi connectivity index (χ2n) is 7.29. The normalized spacial score (nSPS) is 15.3. The smallest absolute Gasteiger partial charge is 0.319 e. The summed E-state index contributed by atoms with van der Waals surface area (Å²) in [6, 6.07) is 10.6. The van der Waals surface area contributed by atoms with E-state index in [-0.39, 0.29) is 17.9 Å². The van der Waals surface area contributed by atoms with E-state index in [0.29, 0.717) is 30.0 Å². The first-order chi connectivity index (χ1) is 14.4. The summed E-state index contributed by atoms with van der Waals surface area (Å²) in [6.07, 6.45) is 1.38. The molecular weight excluding hydrogens is 387 g/mol. The fraction of sp³-hybridized carbons (Fsp3) is 0.238. The average molecular weight is 408 g/mol. The summed E-state index contributed by atoms with van der Waals surface area (Å²) >= 11 is 0. The lowest BCUT2D eigenvalue weighted by Crippen LogP contribution is -2.43. The predicted molar refractivity (Wildman–Crippen MR) is 109 cm³/mol. The molecule has 8 nitrogen and oxygen atoms in total. The Morgan fingerprint density at radius 3 is 2.67 bits per heavy atom. The van der Waals surface area contributed by atoms with Crippen LogP contribution in [0.15, 0.2) is 42.5 Å². The number of anilines is 1. The number of amides is 3. The summed E-state index contributed by atoms with van der Waals surface area (Å²) < 4.78 is 15.2. The lowest BCUT2D eigenvalue weighted by molar-refractivity contribution is 0.0999. The van der Waals surface area contributed by atoms with Crippen LogP contribution in [0.5, 0.6) is 0 Å². The summed E-state index contributed by atoms with van der Waals surface area (Å²) in [4.78, 5) is 24.0. The maximum atomic E-state index is 13.2. The monoisotopic (exact) mass is 408 g/mol. The molecule has 30 heavy (non-hydrogen) atoms. The first-order valence-electron chi connectivity index (χ1n) is 9.56. The highest BCUT2D eigenvalue weighted by molar-refractivity contribution is 5.97. The van der Waals surface area contributed by atoms with Crippen molar-refractivity contribution in [3.05, 3.63) is 65.2 Å². The number of nitrogens with zero attached hydrogens (tertiary/aromatic N) is 3. The molecule has 1 unspecified atom stereocenters. The van der Waals surface area contributed by atoms with Crippen LogP contribution < -0.4 is 16.4 Å². The van der Waals surface area contributed by atoms with Crippen LogP contribution in [0.1, 0.15) is 28.2 Å². The second-order valence-corrected chi connectivity index (χ2v) is 7.29. The number of halogens is 1. The Morgan fingerprint density at radius 2 is 1.93 bits per heavy atom. The molecule has 0 fully saturated rings. The molecule has 0 aliphatic carbocycles. The number of nitrogens with one attached hydrogen (secondary N) is 2. The molecule has 1 aromatic heterocycles. The van der Waals surface area contributed by atoms with Gasteiger partial charge < -0.3 is 20.9 Å². The molecule has 2 heterocycles. The Hall–Kier alpha value is -3.75. The number of nitrogens with two attached hydrogens (primary N) is 1. The summed E-state index contributed by atoms with van der Waals surface area (Å²) in [5, 5.41) is 14.1. The number of benzene rings is 2. The number of carbonyl (C=O) groups is 2. The third kappa shape index (κ3) is 4.00. The molecule has 1 aliphatic rings. The van der Waals surface area contributed by atoms with Crippen molar-refractivity contribution in [2.45, 2.75) is 32.4 Å². The van der Waals surface area contributed by atoms with Gasteiger partial charge in [-0.3, -0.25) is 4.79 Å². The Bertz CT molecular complexity index is 1110. The van der Waals surface area contributed by atoms with Gasteiger partial charge >= 0.3 is 6.03 Å². The third-order valence-electron chi connectivity index (χ3n) is 5.15. The maximum absolute atomic E-state index is 13.2. The molecule has 9 heteroatoms. The molecular formula is C21H21FN6O2. The van der Waals surface area contributed by atoms with E-state index in [1.807, 2.05) is 4.57 Å². The molecule has 1 atom stereocenters. The van der Waals surface area contributed by atoms with E-state index in [9.17, 15) is 14.0 Å². The number of carbonyl (C=O) groups excluding carboxylic acids is 2. The molecule has 4 rings (SSSR count). The van der Waals surface area contributed by atoms with Crippen molar-refractivity contribution in [1.82, 2.24) is 20.1 Å². The molecule has 0 saturated carbocycles. The molecule has 2 aromatic carbocycles. The van der Waals surface area contributed by atoms with Gasteiger partial charge in [-0.25, -0.2) is 9.18 Å². The first-order valence-corrected chi connectivity index (χ1v) is 9.56. The van der Waals surface area contributed by atoms with Gasteiger partial charge in [0.2, 0.25) is 5.91 Å². The molecule has 0 bridgehead atoms. The van der Waals surface area contributed by atoms with E-state index in [1.165, 1.54) is 12.1 Å². The highest BCUT2D eigenvalue weighted by Gasteiger charge is 2.24. The summed E-state index contributed by atoms with van der Waals surface area (Å²) in [6.45, 7) is 2.28. The van der Waals surface area contributed by atoms with Crippen LogP contribution in [0.4, 0.5) is 14.9 Å². The van der Waals surface area contributed by atoms with Gasteiger partial charge in [0, 0.05) is 35.8 Å². The Labute approximate surface area is 172 Å². The molecule has 3 amide bonds. The average Bonchev–Trinajstić information content (AvgIpc) is 3.13. The van der Waals surface area contributed by atoms with Crippen molar-refractivity contribution in [2.75, 3.05) is 5.32 Å². The van der Waals surface area contributed by atoms with Crippen LogP contribution in [-0.4, -0.2) is 32.7 Å². The van der Waals surface area contributed by atoms with Crippen LogP contribution in [0.3, 0.4) is 0 Å². The SMILES string of the molecule is Cc1ccc(NC(=O)NC2CCc3nnc(-c4ccc(F)cc4)n3C2)cc1C(N)=O. The predicted octanol–water partition coefficient (Wildman–Crippen LogP) is 2.63. The number of hydrogen-bond donors (Lipinski definition) is 3. The third-order valence-corrected chi connectivity index (χ3v) is 5.15. The second kappa shape index (κ2) is 7.94. The number of rotatable bonds is 4. The van der Waals surface area contributed by atoms with Crippen molar-refractivity contribution in [2.24, 2.45) is 5.73 Å². The van der Waals surface area contributed by atoms with Gasteiger partial charge in [0.25, 0.3) is 0 Å². The summed E-state index contributed by atoms with van der Waals surface area (Å²) in [5.41, 5.74) is 7.72. The lowest BCUT2D eigenvalue weighted by atomic mass is 10.1. The Balaban J connectivity index is 1.45. The largest absolute Gasteiger partial charge is 0.366 e. The van der Waals surface area contributed by atoms with Crippen LogP contribution in [0.2, 0.25) is 0 Å². The van der Waals surface area contributed by atoms with Crippen LogP contribution >= 0.6 is 0 Å². The van der Waals surface area contributed by atoms with Crippen LogP contribution in [0, 0.1) is 12.7 Å². The van der Waals surface area contributed by atoms with E-state index < -0.39 is 5.91 Å². The number of fused-ring (bicyclic) bond motifs is 1. The van der Waals surface area contributed by atoms with Crippen molar-refractivity contribution in [3.8, 4) is 11.4 Å². The molecule has 1 aliphatic heterocycles.